The van der Waals surface area contributed by atoms with Crippen LogP contribution in [0.3, 0.4) is 0 Å². The summed E-state index contributed by atoms with van der Waals surface area (Å²) in [7, 11) is 1.30. The number of likely N-dealkylation sites (tertiary alicyclic amines) is 1. The minimum atomic E-state index is -0.730. The van der Waals surface area contributed by atoms with Gasteiger partial charge in [0.25, 0.3) is 11.5 Å². The highest BCUT2D eigenvalue weighted by Gasteiger charge is 2.40. The van der Waals surface area contributed by atoms with Crippen LogP contribution in [0.4, 0.5) is 4.39 Å². The van der Waals surface area contributed by atoms with Gasteiger partial charge in [0.05, 0.1) is 12.7 Å². The SMILES string of the molecule is CC(=O)N1C[C@H](OCc2ccccc2)C[C@@H]1N(Cc1ccc(F)cc1)C(=O)c1cc(=O)n(C)c(=O)[nH]1. The van der Waals surface area contributed by atoms with E-state index in [1.807, 2.05) is 30.3 Å². The Morgan fingerprint density at radius 1 is 1.08 bits per heavy atom. The third-order valence-corrected chi connectivity index (χ3v) is 6.23. The number of nitrogens with zero attached hydrogens (tertiary/aromatic N) is 3. The second-order valence-electron chi connectivity index (χ2n) is 8.75. The summed E-state index contributed by atoms with van der Waals surface area (Å²) in [6, 6.07) is 16.3. The van der Waals surface area contributed by atoms with Gasteiger partial charge in [-0.05, 0) is 23.3 Å². The Labute approximate surface area is 206 Å². The van der Waals surface area contributed by atoms with E-state index in [0.717, 1.165) is 16.2 Å². The molecule has 1 N–H and O–H groups in total. The van der Waals surface area contributed by atoms with Gasteiger partial charge in [0.1, 0.15) is 17.7 Å². The highest BCUT2D eigenvalue weighted by Crippen LogP contribution is 2.27. The smallest absolute Gasteiger partial charge is 0.328 e. The van der Waals surface area contributed by atoms with Crippen LogP contribution in [0.5, 0.6) is 0 Å². The molecule has 3 aromatic rings. The highest BCUT2D eigenvalue weighted by atomic mass is 19.1. The third kappa shape index (κ3) is 5.60. The molecule has 10 heteroatoms. The van der Waals surface area contributed by atoms with Crippen LogP contribution in [-0.4, -0.2) is 50.0 Å². The predicted octanol–water partition coefficient (Wildman–Crippen LogP) is 2.02. The van der Waals surface area contributed by atoms with E-state index in [-0.39, 0.29) is 30.8 Å². The molecule has 0 radical (unpaired) electrons. The number of amides is 2. The molecule has 0 spiro atoms. The van der Waals surface area contributed by atoms with E-state index in [9.17, 15) is 23.6 Å². The van der Waals surface area contributed by atoms with Gasteiger partial charge in [0.15, 0.2) is 0 Å². The van der Waals surface area contributed by atoms with Gasteiger partial charge < -0.3 is 19.5 Å². The molecule has 2 atom stereocenters. The number of H-pyrrole nitrogens is 1. The van der Waals surface area contributed by atoms with Gasteiger partial charge >= 0.3 is 5.69 Å². The quantitative estimate of drug-likeness (QED) is 0.541. The van der Waals surface area contributed by atoms with Crippen LogP contribution in [0, 0.1) is 5.82 Å². The summed E-state index contributed by atoms with van der Waals surface area (Å²) < 4.78 is 20.4. The summed E-state index contributed by atoms with van der Waals surface area (Å²) in [4.78, 5) is 55.9. The number of benzene rings is 2. The molecule has 1 fully saturated rings. The van der Waals surface area contributed by atoms with Crippen molar-refractivity contribution in [1.29, 1.82) is 0 Å². The number of halogens is 1. The van der Waals surface area contributed by atoms with Gasteiger partial charge in [-0.15, -0.1) is 0 Å². The Balaban J connectivity index is 1.65. The maximum atomic E-state index is 13.6. The molecule has 2 amide bonds. The van der Waals surface area contributed by atoms with Crippen LogP contribution in [0.1, 0.15) is 35.0 Å². The van der Waals surface area contributed by atoms with Crippen molar-refractivity contribution in [3.63, 3.8) is 0 Å². The molecular weight excluding hydrogens is 467 g/mol. The number of hydrogen-bond donors (Lipinski definition) is 1. The average molecular weight is 495 g/mol. The number of carbonyl (C=O) groups excluding carboxylic acids is 2. The van der Waals surface area contributed by atoms with E-state index in [0.29, 0.717) is 18.6 Å². The van der Waals surface area contributed by atoms with Crippen LogP contribution in [0.25, 0.3) is 0 Å². The molecule has 1 aliphatic heterocycles. The highest BCUT2D eigenvalue weighted by molar-refractivity contribution is 5.92. The van der Waals surface area contributed by atoms with E-state index in [1.165, 1.54) is 35.9 Å². The van der Waals surface area contributed by atoms with Crippen LogP contribution in [0.15, 0.2) is 70.3 Å². The fourth-order valence-electron chi connectivity index (χ4n) is 4.25. The number of rotatable bonds is 7. The van der Waals surface area contributed by atoms with Crippen LogP contribution < -0.4 is 11.2 Å². The van der Waals surface area contributed by atoms with E-state index in [1.54, 1.807) is 12.1 Å². The molecule has 188 valence electrons. The topological polar surface area (TPSA) is 105 Å². The third-order valence-electron chi connectivity index (χ3n) is 6.23. The molecule has 1 saturated heterocycles. The second kappa shape index (κ2) is 10.7. The van der Waals surface area contributed by atoms with Gasteiger partial charge in [-0.1, -0.05) is 42.5 Å². The number of ether oxygens (including phenoxy) is 1. The molecule has 0 saturated carbocycles. The van der Waals surface area contributed by atoms with Gasteiger partial charge in [0.2, 0.25) is 5.91 Å². The van der Waals surface area contributed by atoms with Gasteiger partial charge in [0, 0.05) is 39.5 Å². The van der Waals surface area contributed by atoms with Crippen molar-refractivity contribution in [2.45, 2.75) is 38.8 Å². The molecular formula is C26H27FN4O5. The monoisotopic (exact) mass is 494 g/mol. The second-order valence-corrected chi connectivity index (χ2v) is 8.75. The Bertz CT molecular complexity index is 1320. The lowest BCUT2D eigenvalue weighted by Gasteiger charge is -2.34. The van der Waals surface area contributed by atoms with Crippen molar-refractivity contribution in [3.05, 3.63) is 104 Å². The molecule has 2 heterocycles. The van der Waals surface area contributed by atoms with Crippen LogP contribution in [-0.2, 0) is 29.7 Å². The standard InChI is InChI=1S/C26H27FN4O5/c1-17(32)30-15-21(36-16-19-6-4-3-5-7-19)12-23(30)31(14-18-8-10-20(27)11-9-18)25(34)22-13-24(33)29(2)26(35)28-22/h3-11,13,21,23H,12,14-16H2,1-2H3,(H,28,35)/t21-,23+/m1/s1. The summed E-state index contributed by atoms with van der Waals surface area (Å²) in [6.07, 6.45) is -0.715. The number of aromatic nitrogens is 2. The van der Waals surface area contributed by atoms with Gasteiger partial charge in [-0.3, -0.25) is 19.0 Å². The lowest BCUT2D eigenvalue weighted by molar-refractivity contribution is -0.132. The van der Waals surface area contributed by atoms with Crippen molar-refractivity contribution >= 4 is 11.8 Å². The largest absolute Gasteiger partial charge is 0.372 e. The molecule has 1 aromatic heterocycles. The number of aromatic amines is 1. The van der Waals surface area contributed by atoms with E-state index < -0.39 is 29.1 Å². The first kappa shape index (κ1) is 25.1. The van der Waals surface area contributed by atoms with Crippen molar-refractivity contribution in [2.24, 2.45) is 7.05 Å². The normalized spacial score (nSPS) is 17.2. The number of hydrogen-bond acceptors (Lipinski definition) is 5. The maximum absolute atomic E-state index is 13.6. The molecule has 9 nitrogen and oxygen atoms in total. The zero-order chi connectivity index (χ0) is 25.8. The van der Waals surface area contributed by atoms with E-state index >= 15 is 0 Å². The van der Waals surface area contributed by atoms with Crippen molar-refractivity contribution in [2.75, 3.05) is 6.54 Å². The molecule has 0 aliphatic carbocycles. The van der Waals surface area contributed by atoms with Gasteiger partial charge in [-0.25, -0.2) is 9.18 Å². The van der Waals surface area contributed by atoms with Crippen molar-refractivity contribution in [3.8, 4) is 0 Å². The Kier molecular flexibility index (Phi) is 7.44. The number of nitrogens with one attached hydrogen (secondary N) is 1. The Hall–Kier alpha value is -4.05. The number of carbonyl (C=O) groups is 2. The molecule has 0 unspecified atom stereocenters. The predicted molar refractivity (Wildman–Crippen MR) is 129 cm³/mol. The zero-order valence-electron chi connectivity index (χ0n) is 20.0. The molecule has 36 heavy (non-hydrogen) atoms. The lowest BCUT2D eigenvalue weighted by Crippen LogP contribution is -2.50. The molecule has 1 aliphatic rings. The molecule has 0 bridgehead atoms. The summed E-state index contributed by atoms with van der Waals surface area (Å²) >= 11 is 0. The first-order valence-electron chi connectivity index (χ1n) is 11.5. The minimum Gasteiger partial charge on any atom is -0.372 e. The first-order chi connectivity index (χ1) is 17.2. The fourth-order valence-corrected chi connectivity index (χ4v) is 4.25. The minimum absolute atomic E-state index is 0.0240. The molecule has 2 aromatic carbocycles. The first-order valence-corrected chi connectivity index (χ1v) is 11.5. The maximum Gasteiger partial charge on any atom is 0.328 e. The van der Waals surface area contributed by atoms with Gasteiger partial charge in [-0.2, -0.15) is 0 Å². The fraction of sp³-hybridized carbons (Fsp3) is 0.308. The van der Waals surface area contributed by atoms with Crippen LogP contribution in [0.2, 0.25) is 0 Å². The van der Waals surface area contributed by atoms with Crippen molar-refractivity contribution in [1.82, 2.24) is 19.4 Å². The Morgan fingerprint density at radius 2 is 1.78 bits per heavy atom. The van der Waals surface area contributed by atoms with E-state index in [4.69, 9.17) is 4.74 Å². The zero-order valence-corrected chi connectivity index (χ0v) is 20.0. The average Bonchev–Trinajstić information content (AvgIpc) is 3.30. The lowest BCUT2D eigenvalue weighted by atomic mass is 10.1. The molecule has 4 rings (SSSR count). The summed E-state index contributed by atoms with van der Waals surface area (Å²) in [5.41, 5.74) is 0.0389. The van der Waals surface area contributed by atoms with Crippen LogP contribution >= 0.6 is 0 Å². The summed E-state index contributed by atoms with van der Waals surface area (Å²) in [5.74, 6) is -1.30. The Morgan fingerprint density at radius 3 is 2.42 bits per heavy atom. The van der Waals surface area contributed by atoms with E-state index in [2.05, 4.69) is 4.98 Å². The summed E-state index contributed by atoms with van der Waals surface area (Å²) in [5, 5.41) is 0. The van der Waals surface area contributed by atoms with Crippen molar-refractivity contribution < 1.29 is 18.7 Å². The summed E-state index contributed by atoms with van der Waals surface area (Å²) in [6.45, 7) is 2.05.